The van der Waals surface area contributed by atoms with Crippen LogP contribution in [0, 0.1) is 11.3 Å². The van der Waals surface area contributed by atoms with E-state index in [0.717, 1.165) is 5.69 Å². The Morgan fingerprint density at radius 3 is 3.00 bits per heavy atom. The SMILES string of the molecule is N#Cc1ccccc1N1CC(=O)NC(CN)C1. The normalized spacial score (nSPS) is 19.6. The summed E-state index contributed by atoms with van der Waals surface area (Å²) in [5.41, 5.74) is 6.95. The molecule has 3 N–H and O–H groups in total. The van der Waals surface area contributed by atoms with Gasteiger partial charge in [-0.2, -0.15) is 5.26 Å². The highest BCUT2D eigenvalue weighted by atomic mass is 16.2. The average molecular weight is 230 g/mol. The van der Waals surface area contributed by atoms with Crippen LogP contribution in [-0.4, -0.2) is 31.6 Å². The van der Waals surface area contributed by atoms with Crippen molar-refractivity contribution in [3.63, 3.8) is 0 Å². The molecule has 5 heteroatoms. The van der Waals surface area contributed by atoms with Crippen LogP contribution in [0.15, 0.2) is 24.3 Å². The smallest absolute Gasteiger partial charge is 0.239 e. The van der Waals surface area contributed by atoms with Crippen LogP contribution in [0.3, 0.4) is 0 Å². The Bertz CT molecular complexity index is 466. The molecule has 2 rings (SSSR count). The van der Waals surface area contributed by atoms with Crippen molar-refractivity contribution < 1.29 is 4.79 Å². The molecule has 0 aliphatic carbocycles. The summed E-state index contributed by atoms with van der Waals surface area (Å²) in [7, 11) is 0. The van der Waals surface area contributed by atoms with Crippen LogP contribution in [-0.2, 0) is 4.79 Å². The maximum Gasteiger partial charge on any atom is 0.239 e. The molecule has 1 amide bonds. The minimum absolute atomic E-state index is 0.0528. The van der Waals surface area contributed by atoms with Gasteiger partial charge in [-0.05, 0) is 12.1 Å². The predicted molar refractivity (Wildman–Crippen MR) is 64.4 cm³/mol. The van der Waals surface area contributed by atoms with Gasteiger partial charge in [-0.3, -0.25) is 4.79 Å². The molecule has 5 nitrogen and oxygen atoms in total. The Hall–Kier alpha value is -2.06. The van der Waals surface area contributed by atoms with E-state index in [2.05, 4.69) is 11.4 Å². The third-order valence-electron chi connectivity index (χ3n) is 2.79. The zero-order valence-corrected chi connectivity index (χ0v) is 9.39. The summed E-state index contributed by atoms with van der Waals surface area (Å²) in [4.78, 5) is 13.4. The Kier molecular flexibility index (Phi) is 3.26. The van der Waals surface area contributed by atoms with Crippen LogP contribution >= 0.6 is 0 Å². The van der Waals surface area contributed by atoms with E-state index >= 15 is 0 Å². The summed E-state index contributed by atoms with van der Waals surface area (Å²) in [5.74, 6) is -0.0561. The summed E-state index contributed by atoms with van der Waals surface area (Å²) in [5, 5.41) is 11.9. The van der Waals surface area contributed by atoms with Crippen LogP contribution < -0.4 is 16.0 Å². The first-order valence-corrected chi connectivity index (χ1v) is 5.48. The summed E-state index contributed by atoms with van der Waals surface area (Å²) in [6.45, 7) is 1.31. The lowest BCUT2D eigenvalue weighted by atomic mass is 10.1. The second-order valence-electron chi connectivity index (χ2n) is 4.01. The zero-order chi connectivity index (χ0) is 12.3. The van der Waals surface area contributed by atoms with E-state index in [4.69, 9.17) is 11.0 Å². The second-order valence-corrected chi connectivity index (χ2v) is 4.01. The molecule has 1 fully saturated rings. The highest BCUT2D eigenvalue weighted by Crippen LogP contribution is 2.20. The van der Waals surface area contributed by atoms with Gasteiger partial charge in [0.15, 0.2) is 0 Å². The van der Waals surface area contributed by atoms with Gasteiger partial charge >= 0.3 is 0 Å². The van der Waals surface area contributed by atoms with Crippen LogP contribution in [0.4, 0.5) is 5.69 Å². The number of nitrogens with zero attached hydrogens (tertiary/aromatic N) is 2. The van der Waals surface area contributed by atoms with E-state index < -0.39 is 0 Å². The molecule has 0 radical (unpaired) electrons. The lowest BCUT2D eigenvalue weighted by Crippen LogP contribution is -2.57. The van der Waals surface area contributed by atoms with E-state index in [9.17, 15) is 4.79 Å². The van der Waals surface area contributed by atoms with Crippen LogP contribution in [0.1, 0.15) is 5.56 Å². The Morgan fingerprint density at radius 2 is 2.29 bits per heavy atom. The molecular formula is C12H14N4O. The number of nitrogens with one attached hydrogen (secondary N) is 1. The number of para-hydroxylation sites is 1. The number of piperazine rings is 1. The van der Waals surface area contributed by atoms with Crippen molar-refractivity contribution in [3.05, 3.63) is 29.8 Å². The molecule has 0 spiro atoms. The highest BCUT2D eigenvalue weighted by molar-refractivity contribution is 5.83. The number of carbonyl (C=O) groups is 1. The van der Waals surface area contributed by atoms with Gasteiger partial charge in [0, 0.05) is 13.1 Å². The van der Waals surface area contributed by atoms with Crippen LogP contribution in [0.25, 0.3) is 0 Å². The number of amides is 1. The molecule has 1 atom stereocenters. The number of nitrogens with two attached hydrogens (primary N) is 1. The lowest BCUT2D eigenvalue weighted by Gasteiger charge is -2.34. The van der Waals surface area contributed by atoms with Crippen molar-refractivity contribution in [2.45, 2.75) is 6.04 Å². The van der Waals surface area contributed by atoms with Crippen LogP contribution in [0.5, 0.6) is 0 Å². The first-order valence-electron chi connectivity index (χ1n) is 5.48. The van der Waals surface area contributed by atoms with Gasteiger partial charge in [0.1, 0.15) is 6.07 Å². The average Bonchev–Trinajstić information content (AvgIpc) is 2.37. The molecule has 1 aliphatic heterocycles. The monoisotopic (exact) mass is 230 g/mol. The molecule has 17 heavy (non-hydrogen) atoms. The molecule has 0 bridgehead atoms. The van der Waals surface area contributed by atoms with E-state index in [0.29, 0.717) is 18.7 Å². The van der Waals surface area contributed by atoms with Gasteiger partial charge in [-0.1, -0.05) is 12.1 Å². The molecule has 0 saturated carbocycles. The standard InChI is InChI=1S/C12H14N4O/c13-5-9-3-1-2-4-11(9)16-7-10(6-14)15-12(17)8-16/h1-4,10H,6-8,14H2,(H,15,17). The number of nitriles is 1. The quantitative estimate of drug-likeness (QED) is 0.738. The Balaban J connectivity index is 2.27. The molecule has 88 valence electrons. The number of hydrogen-bond donors (Lipinski definition) is 2. The van der Waals surface area contributed by atoms with Crippen molar-refractivity contribution >= 4 is 11.6 Å². The minimum Gasteiger partial charge on any atom is -0.359 e. The molecule has 1 aliphatic rings. The lowest BCUT2D eigenvalue weighted by molar-refractivity contribution is -0.121. The van der Waals surface area contributed by atoms with Gasteiger partial charge in [0.2, 0.25) is 5.91 Å². The molecule has 1 heterocycles. The topological polar surface area (TPSA) is 82.2 Å². The van der Waals surface area contributed by atoms with Crippen LogP contribution in [0.2, 0.25) is 0 Å². The first-order chi connectivity index (χ1) is 8.24. The van der Waals surface area contributed by atoms with Crippen molar-refractivity contribution in [3.8, 4) is 6.07 Å². The summed E-state index contributed by atoms with van der Waals surface area (Å²) in [6.07, 6.45) is 0. The Labute approximate surface area is 99.8 Å². The number of benzene rings is 1. The number of rotatable bonds is 2. The molecular weight excluding hydrogens is 216 g/mol. The minimum atomic E-state index is -0.0561. The molecule has 1 aromatic carbocycles. The highest BCUT2D eigenvalue weighted by Gasteiger charge is 2.24. The van der Waals surface area contributed by atoms with Crippen molar-refractivity contribution in [2.75, 3.05) is 24.5 Å². The first kappa shape index (κ1) is 11.4. The fourth-order valence-electron chi connectivity index (χ4n) is 1.98. The zero-order valence-electron chi connectivity index (χ0n) is 9.39. The molecule has 0 aromatic heterocycles. The largest absolute Gasteiger partial charge is 0.359 e. The fraction of sp³-hybridized carbons (Fsp3) is 0.333. The predicted octanol–water partition coefficient (Wildman–Crippen LogP) is -0.178. The number of anilines is 1. The van der Waals surface area contributed by atoms with E-state index in [1.54, 1.807) is 6.07 Å². The summed E-state index contributed by atoms with van der Waals surface area (Å²) >= 11 is 0. The maximum atomic E-state index is 11.5. The second kappa shape index (κ2) is 4.85. The van der Waals surface area contributed by atoms with E-state index in [1.807, 2.05) is 23.1 Å². The van der Waals surface area contributed by atoms with Gasteiger partial charge in [0.25, 0.3) is 0 Å². The van der Waals surface area contributed by atoms with Crippen molar-refractivity contribution in [1.29, 1.82) is 5.26 Å². The van der Waals surface area contributed by atoms with E-state index in [1.165, 1.54) is 0 Å². The van der Waals surface area contributed by atoms with Gasteiger partial charge in [0.05, 0.1) is 23.8 Å². The number of carbonyl (C=O) groups excluding carboxylic acids is 1. The molecule has 1 unspecified atom stereocenters. The third kappa shape index (κ3) is 2.37. The van der Waals surface area contributed by atoms with Gasteiger partial charge < -0.3 is 16.0 Å². The third-order valence-corrected chi connectivity index (χ3v) is 2.79. The van der Waals surface area contributed by atoms with Gasteiger partial charge in [-0.25, -0.2) is 0 Å². The fourth-order valence-corrected chi connectivity index (χ4v) is 1.98. The van der Waals surface area contributed by atoms with E-state index in [-0.39, 0.29) is 18.5 Å². The molecule has 1 aromatic rings. The van der Waals surface area contributed by atoms with Crippen molar-refractivity contribution in [1.82, 2.24) is 5.32 Å². The summed E-state index contributed by atoms with van der Waals surface area (Å²) < 4.78 is 0. The molecule has 1 saturated heterocycles. The number of hydrogen-bond acceptors (Lipinski definition) is 4. The Morgan fingerprint density at radius 1 is 1.53 bits per heavy atom. The van der Waals surface area contributed by atoms with Crippen molar-refractivity contribution in [2.24, 2.45) is 5.73 Å². The van der Waals surface area contributed by atoms with Gasteiger partial charge in [-0.15, -0.1) is 0 Å². The summed E-state index contributed by atoms with van der Waals surface area (Å²) in [6, 6.07) is 9.36. The maximum absolute atomic E-state index is 11.5.